The predicted octanol–water partition coefficient (Wildman–Crippen LogP) is 1.84. The summed E-state index contributed by atoms with van der Waals surface area (Å²) in [6, 6.07) is 4.37. The van der Waals surface area contributed by atoms with Crippen molar-refractivity contribution < 1.29 is 9.15 Å². The third-order valence-electron chi connectivity index (χ3n) is 2.25. The summed E-state index contributed by atoms with van der Waals surface area (Å²) in [6.07, 6.45) is 3.74. The molecule has 3 nitrogen and oxygen atoms in total. The van der Waals surface area contributed by atoms with Crippen LogP contribution in [0.5, 0.6) is 0 Å². The minimum atomic E-state index is 0.454. The summed E-state index contributed by atoms with van der Waals surface area (Å²) in [7, 11) is 1.73. The van der Waals surface area contributed by atoms with Gasteiger partial charge in [-0.2, -0.15) is 0 Å². The molecule has 0 radical (unpaired) electrons. The normalized spacial score (nSPS) is 13.0. The Morgan fingerprint density at radius 2 is 2.43 bits per heavy atom. The minimum Gasteiger partial charge on any atom is -0.469 e. The number of nitrogens with one attached hydrogen (secondary N) is 1. The standard InChI is InChI=1S/C11H19NO2/c1-3-10(9-13-2)12-7-6-11-5-4-8-14-11/h4-5,8,10,12H,3,6-7,9H2,1-2H3. The topological polar surface area (TPSA) is 34.4 Å². The van der Waals surface area contributed by atoms with Gasteiger partial charge >= 0.3 is 0 Å². The van der Waals surface area contributed by atoms with E-state index in [9.17, 15) is 0 Å². The Labute approximate surface area is 85.4 Å². The predicted molar refractivity (Wildman–Crippen MR) is 56.4 cm³/mol. The Morgan fingerprint density at radius 3 is 3.00 bits per heavy atom. The van der Waals surface area contributed by atoms with Crippen LogP contribution < -0.4 is 5.32 Å². The molecule has 1 aromatic heterocycles. The van der Waals surface area contributed by atoms with Crippen LogP contribution in [0.15, 0.2) is 22.8 Å². The van der Waals surface area contributed by atoms with Gasteiger partial charge in [-0.15, -0.1) is 0 Å². The molecule has 1 atom stereocenters. The van der Waals surface area contributed by atoms with Crippen LogP contribution in [0.1, 0.15) is 19.1 Å². The van der Waals surface area contributed by atoms with Gasteiger partial charge in [-0.05, 0) is 18.6 Å². The maximum atomic E-state index is 5.24. The molecular formula is C11H19NO2. The molecule has 0 aromatic carbocycles. The SMILES string of the molecule is CCC(COC)NCCc1ccco1. The number of hydrogen-bond acceptors (Lipinski definition) is 3. The highest BCUT2D eigenvalue weighted by molar-refractivity contribution is 4.98. The van der Waals surface area contributed by atoms with Crippen molar-refractivity contribution in [1.82, 2.24) is 5.32 Å². The van der Waals surface area contributed by atoms with Crippen molar-refractivity contribution in [2.75, 3.05) is 20.3 Å². The van der Waals surface area contributed by atoms with Crippen molar-refractivity contribution in [3.05, 3.63) is 24.2 Å². The first-order valence-corrected chi connectivity index (χ1v) is 5.11. The van der Waals surface area contributed by atoms with Gasteiger partial charge in [-0.25, -0.2) is 0 Å². The lowest BCUT2D eigenvalue weighted by atomic mass is 10.2. The van der Waals surface area contributed by atoms with Crippen LogP contribution in [-0.2, 0) is 11.2 Å². The average molecular weight is 197 g/mol. The maximum absolute atomic E-state index is 5.24. The molecule has 0 saturated heterocycles. The van der Waals surface area contributed by atoms with Crippen LogP contribution in [0.2, 0.25) is 0 Å². The van der Waals surface area contributed by atoms with Crippen LogP contribution in [0, 0.1) is 0 Å². The van der Waals surface area contributed by atoms with E-state index in [1.165, 1.54) is 0 Å². The number of hydrogen-bond donors (Lipinski definition) is 1. The summed E-state index contributed by atoms with van der Waals surface area (Å²) in [5, 5.41) is 3.42. The zero-order chi connectivity index (χ0) is 10.2. The summed E-state index contributed by atoms with van der Waals surface area (Å²) in [5.41, 5.74) is 0. The lowest BCUT2D eigenvalue weighted by Crippen LogP contribution is -2.33. The highest BCUT2D eigenvalue weighted by atomic mass is 16.5. The van der Waals surface area contributed by atoms with Gasteiger partial charge in [0.2, 0.25) is 0 Å². The summed E-state index contributed by atoms with van der Waals surface area (Å²) in [6.45, 7) is 3.87. The summed E-state index contributed by atoms with van der Waals surface area (Å²) in [5.74, 6) is 1.03. The molecule has 0 spiro atoms. The molecule has 0 fully saturated rings. The molecule has 14 heavy (non-hydrogen) atoms. The summed E-state index contributed by atoms with van der Waals surface area (Å²) >= 11 is 0. The van der Waals surface area contributed by atoms with Gasteiger partial charge in [0.1, 0.15) is 5.76 Å². The number of furan rings is 1. The molecule has 1 heterocycles. The van der Waals surface area contributed by atoms with Gasteiger partial charge in [-0.3, -0.25) is 0 Å². The lowest BCUT2D eigenvalue weighted by Gasteiger charge is -2.14. The van der Waals surface area contributed by atoms with E-state index >= 15 is 0 Å². The van der Waals surface area contributed by atoms with Crippen LogP contribution in [-0.4, -0.2) is 26.3 Å². The highest BCUT2D eigenvalue weighted by Gasteiger charge is 2.04. The van der Waals surface area contributed by atoms with Crippen molar-refractivity contribution in [2.45, 2.75) is 25.8 Å². The number of ether oxygens (including phenoxy) is 1. The third-order valence-corrected chi connectivity index (χ3v) is 2.25. The van der Waals surface area contributed by atoms with Crippen LogP contribution in [0.4, 0.5) is 0 Å². The van der Waals surface area contributed by atoms with Gasteiger partial charge in [0.05, 0.1) is 12.9 Å². The van der Waals surface area contributed by atoms with Gasteiger partial charge in [0.25, 0.3) is 0 Å². The second kappa shape index (κ2) is 6.62. The quantitative estimate of drug-likeness (QED) is 0.724. The Hall–Kier alpha value is -0.800. The Balaban J connectivity index is 2.13. The Bertz CT molecular complexity index is 221. The van der Waals surface area contributed by atoms with E-state index in [1.807, 2.05) is 12.1 Å². The van der Waals surface area contributed by atoms with E-state index in [0.29, 0.717) is 6.04 Å². The van der Waals surface area contributed by atoms with E-state index in [1.54, 1.807) is 13.4 Å². The van der Waals surface area contributed by atoms with Crippen molar-refractivity contribution in [3.63, 3.8) is 0 Å². The minimum absolute atomic E-state index is 0.454. The molecule has 0 aliphatic rings. The molecule has 0 saturated carbocycles. The first-order chi connectivity index (χ1) is 6.86. The largest absolute Gasteiger partial charge is 0.469 e. The van der Waals surface area contributed by atoms with E-state index in [-0.39, 0.29) is 0 Å². The van der Waals surface area contributed by atoms with Crippen molar-refractivity contribution in [1.29, 1.82) is 0 Å². The van der Waals surface area contributed by atoms with Gasteiger partial charge in [-0.1, -0.05) is 6.92 Å². The first-order valence-electron chi connectivity index (χ1n) is 5.11. The molecule has 0 aliphatic carbocycles. The zero-order valence-corrected chi connectivity index (χ0v) is 8.95. The van der Waals surface area contributed by atoms with E-state index in [4.69, 9.17) is 9.15 Å². The molecule has 3 heteroatoms. The third kappa shape index (κ3) is 3.94. The second-order valence-corrected chi connectivity index (χ2v) is 3.34. The fraction of sp³-hybridized carbons (Fsp3) is 0.636. The summed E-state index contributed by atoms with van der Waals surface area (Å²) in [4.78, 5) is 0. The first kappa shape index (κ1) is 11.3. The average Bonchev–Trinajstić information content (AvgIpc) is 2.69. The Kier molecular flexibility index (Phi) is 5.33. The van der Waals surface area contributed by atoms with Crippen molar-refractivity contribution >= 4 is 0 Å². The lowest BCUT2D eigenvalue weighted by molar-refractivity contribution is 0.164. The fourth-order valence-electron chi connectivity index (χ4n) is 1.38. The smallest absolute Gasteiger partial charge is 0.105 e. The van der Waals surface area contributed by atoms with Gasteiger partial charge < -0.3 is 14.5 Å². The van der Waals surface area contributed by atoms with Gasteiger partial charge in [0, 0.05) is 26.1 Å². The van der Waals surface area contributed by atoms with Crippen LogP contribution in [0.25, 0.3) is 0 Å². The zero-order valence-electron chi connectivity index (χ0n) is 8.95. The molecular weight excluding hydrogens is 178 g/mol. The molecule has 1 aromatic rings. The van der Waals surface area contributed by atoms with E-state index in [2.05, 4.69) is 12.2 Å². The summed E-state index contributed by atoms with van der Waals surface area (Å²) < 4.78 is 10.3. The molecule has 0 bridgehead atoms. The number of methoxy groups -OCH3 is 1. The van der Waals surface area contributed by atoms with Gasteiger partial charge in [0.15, 0.2) is 0 Å². The molecule has 0 aliphatic heterocycles. The number of rotatable bonds is 7. The van der Waals surface area contributed by atoms with E-state index < -0.39 is 0 Å². The Morgan fingerprint density at radius 1 is 1.57 bits per heavy atom. The molecule has 1 rings (SSSR count). The second-order valence-electron chi connectivity index (χ2n) is 3.34. The molecule has 1 N–H and O–H groups in total. The highest BCUT2D eigenvalue weighted by Crippen LogP contribution is 2.00. The fourth-order valence-corrected chi connectivity index (χ4v) is 1.38. The van der Waals surface area contributed by atoms with Crippen LogP contribution in [0.3, 0.4) is 0 Å². The monoisotopic (exact) mass is 197 g/mol. The van der Waals surface area contributed by atoms with Crippen LogP contribution >= 0.6 is 0 Å². The van der Waals surface area contributed by atoms with E-state index in [0.717, 1.165) is 31.8 Å². The molecule has 80 valence electrons. The van der Waals surface area contributed by atoms with Crippen molar-refractivity contribution in [2.24, 2.45) is 0 Å². The molecule has 1 unspecified atom stereocenters. The van der Waals surface area contributed by atoms with Crippen molar-refractivity contribution in [3.8, 4) is 0 Å². The molecule has 0 amide bonds. The maximum Gasteiger partial charge on any atom is 0.105 e.